The highest BCUT2D eigenvalue weighted by molar-refractivity contribution is 6.39. The Morgan fingerprint density at radius 2 is 1.67 bits per heavy atom. The van der Waals surface area contributed by atoms with Gasteiger partial charge in [-0.25, -0.2) is 4.79 Å². The Morgan fingerprint density at radius 1 is 0.974 bits per heavy atom. The summed E-state index contributed by atoms with van der Waals surface area (Å²) >= 11 is 13.2. The van der Waals surface area contributed by atoms with Crippen LogP contribution in [0, 0.1) is 0 Å². The zero-order valence-corrected chi connectivity index (χ0v) is 22.9. The molecule has 2 unspecified atom stereocenters. The summed E-state index contributed by atoms with van der Waals surface area (Å²) < 4.78 is 5.93. The number of halogens is 2. The van der Waals surface area contributed by atoms with Gasteiger partial charge in [-0.15, -0.1) is 0 Å². The van der Waals surface area contributed by atoms with Crippen molar-refractivity contribution in [1.29, 1.82) is 0 Å². The fourth-order valence-corrected chi connectivity index (χ4v) is 7.17. The molecule has 2 bridgehead atoms. The molecule has 39 heavy (non-hydrogen) atoms. The monoisotopic (exact) mass is 561 g/mol. The van der Waals surface area contributed by atoms with E-state index in [0.29, 0.717) is 39.7 Å². The Labute approximate surface area is 236 Å². The first-order chi connectivity index (χ1) is 18.9. The van der Waals surface area contributed by atoms with E-state index in [0.717, 1.165) is 71.3 Å². The Kier molecular flexibility index (Phi) is 6.30. The molecule has 2 atom stereocenters. The SMILES string of the molecule is O=C(O)c1ccc2cc(NC3CC4CCC(C3)N4Cc3c(-c4c(Cl)cccc4Cl)noc3C3CC3)ccc2c1. The first kappa shape index (κ1) is 24.9. The lowest BCUT2D eigenvalue weighted by Gasteiger charge is -2.39. The smallest absolute Gasteiger partial charge is 0.335 e. The number of rotatable bonds is 7. The summed E-state index contributed by atoms with van der Waals surface area (Å²) in [6, 6.07) is 18.4. The maximum Gasteiger partial charge on any atom is 0.335 e. The molecule has 0 radical (unpaired) electrons. The van der Waals surface area contributed by atoms with Gasteiger partial charge in [0.1, 0.15) is 11.5 Å². The highest BCUT2D eigenvalue weighted by Crippen LogP contribution is 2.48. The van der Waals surface area contributed by atoms with Crippen molar-refractivity contribution in [2.75, 3.05) is 5.32 Å². The second-order valence-electron chi connectivity index (χ2n) is 11.2. The van der Waals surface area contributed by atoms with E-state index in [1.807, 2.05) is 30.3 Å². The van der Waals surface area contributed by atoms with Gasteiger partial charge in [0.05, 0.1) is 15.6 Å². The summed E-state index contributed by atoms with van der Waals surface area (Å²) in [5.41, 5.74) is 4.08. The number of carbonyl (C=O) groups is 1. The zero-order chi connectivity index (χ0) is 26.7. The quantitative estimate of drug-likeness (QED) is 0.238. The Hall–Kier alpha value is -3.06. The third kappa shape index (κ3) is 4.69. The molecule has 8 heteroatoms. The normalized spacial score (nSPS) is 22.9. The van der Waals surface area contributed by atoms with Gasteiger partial charge < -0.3 is 14.9 Å². The van der Waals surface area contributed by atoms with Crippen LogP contribution >= 0.6 is 23.2 Å². The molecule has 4 aromatic rings. The Balaban J connectivity index is 1.10. The van der Waals surface area contributed by atoms with Crippen molar-refractivity contribution in [1.82, 2.24) is 10.1 Å². The van der Waals surface area contributed by atoms with Gasteiger partial charge in [0.25, 0.3) is 0 Å². The van der Waals surface area contributed by atoms with Crippen molar-refractivity contribution in [2.24, 2.45) is 0 Å². The minimum Gasteiger partial charge on any atom is -0.478 e. The summed E-state index contributed by atoms with van der Waals surface area (Å²) in [4.78, 5) is 14.0. The zero-order valence-electron chi connectivity index (χ0n) is 21.4. The van der Waals surface area contributed by atoms with Crippen LogP contribution in [0.1, 0.15) is 66.1 Å². The summed E-state index contributed by atoms with van der Waals surface area (Å²) in [6.07, 6.45) is 6.78. The Bertz CT molecular complexity index is 1550. The average molecular weight is 562 g/mol. The van der Waals surface area contributed by atoms with Crippen molar-refractivity contribution >= 4 is 45.6 Å². The third-order valence-electron chi connectivity index (χ3n) is 8.65. The van der Waals surface area contributed by atoms with Gasteiger partial charge in [0.2, 0.25) is 0 Å². The molecule has 0 amide bonds. The van der Waals surface area contributed by atoms with Gasteiger partial charge in [-0.1, -0.05) is 46.6 Å². The predicted molar refractivity (Wildman–Crippen MR) is 154 cm³/mol. The lowest BCUT2D eigenvalue weighted by Crippen LogP contribution is -2.46. The molecular formula is C31H29Cl2N3O3. The largest absolute Gasteiger partial charge is 0.478 e. The van der Waals surface area contributed by atoms with Crippen molar-refractivity contribution in [3.05, 3.63) is 81.5 Å². The van der Waals surface area contributed by atoms with Crippen LogP contribution in [0.2, 0.25) is 10.0 Å². The molecule has 3 aromatic carbocycles. The van der Waals surface area contributed by atoms with Crippen LogP contribution in [-0.4, -0.2) is 39.3 Å². The number of nitrogens with zero attached hydrogens (tertiary/aromatic N) is 2. The molecule has 2 N–H and O–H groups in total. The van der Waals surface area contributed by atoms with E-state index in [-0.39, 0.29) is 0 Å². The van der Waals surface area contributed by atoms with Crippen LogP contribution in [0.3, 0.4) is 0 Å². The summed E-state index contributed by atoms with van der Waals surface area (Å²) in [5.74, 6) is 0.542. The first-order valence-electron chi connectivity index (χ1n) is 13.7. The highest BCUT2D eigenvalue weighted by atomic mass is 35.5. The highest BCUT2D eigenvalue weighted by Gasteiger charge is 2.43. The molecule has 2 saturated heterocycles. The fraction of sp³-hybridized carbons (Fsp3) is 0.355. The van der Waals surface area contributed by atoms with Gasteiger partial charge in [-0.05, 0) is 85.7 Å². The predicted octanol–water partition coefficient (Wildman–Crippen LogP) is 7.98. The number of aromatic carboxylic acids is 1. The molecule has 1 aromatic heterocycles. The number of hydrogen-bond acceptors (Lipinski definition) is 5. The number of benzene rings is 3. The van der Waals surface area contributed by atoms with E-state index in [9.17, 15) is 9.90 Å². The van der Waals surface area contributed by atoms with E-state index in [4.69, 9.17) is 27.7 Å². The second kappa shape index (κ2) is 9.84. The standard InChI is InChI=1S/C31H29Cl2N3O3/c32-26-2-1-3-27(33)28(26)29-25(30(39-35-29)17-4-5-17)16-36-23-10-11-24(36)15-22(14-23)34-21-9-8-18-12-20(31(37)38)7-6-19(18)13-21/h1-3,6-9,12-13,17,22-24,34H,4-5,10-11,14-16H2,(H,37,38). The molecule has 3 heterocycles. The molecular weight excluding hydrogens is 533 g/mol. The number of aromatic nitrogens is 1. The minimum absolute atomic E-state index is 0.310. The molecule has 6 nitrogen and oxygen atoms in total. The van der Waals surface area contributed by atoms with E-state index in [1.54, 1.807) is 12.1 Å². The van der Waals surface area contributed by atoms with Gasteiger partial charge in [0.15, 0.2) is 0 Å². The second-order valence-corrected chi connectivity index (χ2v) is 12.0. The molecule has 3 fully saturated rings. The van der Waals surface area contributed by atoms with Gasteiger partial charge >= 0.3 is 5.97 Å². The number of carboxylic acids is 1. The maximum atomic E-state index is 11.3. The lowest BCUT2D eigenvalue weighted by molar-refractivity contribution is 0.0697. The van der Waals surface area contributed by atoms with Gasteiger partial charge in [0, 0.05) is 47.4 Å². The molecule has 2 aliphatic heterocycles. The van der Waals surface area contributed by atoms with Crippen molar-refractivity contribution in [3.63, 3.8) is 0 Å². The molecule has 3 aliphatic rings. The number of fused-ring (bicyclic) bond motifs is 3. The van der Waals surface area contributed by atoms with Crippen LogP contribution < -0.4 is 5.32 Å². The van der Waals surface area contributed by atoms with Crippen molar-refractivity contribution < 1.29 is 14.4 Å². The number of anilines is 1. The molecule has 7 rings (SSSR count). The van der Waals surface area contributed by atoms with Crippen molar-refractivity contribution in [3.8, 4) is 11.3 Å². The van der Waals surface area contributed by atoms with E-state index < -0.39 is 5.97 Å². The number of carboxylic acid groups (broad SMARTS) is 1. The summed E-state index contributed by atoms with van der Waals surface area (Å²) in [7, 11) is 0. The minimum atomic E-state index is -0.904. The fourth-order valence-electron chi connectivity index (χ4n) is 6.60. The van der Waals surface area contributed by atoms with Crippen LogP contribution in [0.25, 0.3) is 22.0 Å². The third-order valence-corrected chi connectivity index (χ3v) is 9.28. The van der Waals surface area contributed by atoms with Gasteiger partial charge in [-0.3, -0.25) is 4.90 Å². The van der Waals surface area contributed by atoms with Crippen LogP contribution in [0.15, 0.2) is 59.1 Å². The Morgan fingerprint density at radius 3 is 2.36 bits per heavy atom. The van der Waals surface area contributed by atoms with E-state index in [2.05, 4.69) is 27.5 Å². The number of piperidine rings is 1. The van der Waals surface area contributed by atoms with E-state index >= 15 is 0 Å². The van der Waals surface area contributed by atoms with E-state index in [1.165, 1.54) is 12.8 Å². The van der Waals surface area contributed by atoms with Gasteiger partial charge in [-0.2, -0.15) is 0 Å². The first-order valence-corrected chi connectivity index (χ1v) is 14.4. The van der Waals surface area contributed by atoms with Crippen LogP contribution in [0.5, 0.6) is 0 Å². The molecule has 0 spiro atoms. The molecule has 1 saturated carbocycles. The maximum absolute atomic E-state index is 11.3. The van der Waals surface area contributed by atoms with Crippen LogP contribution in [-0.2, 0) is 6.54 Å². The number of nitrogens with one attached hydrogen (secondary N) is 1. The lowest BCUT2D eigenvalue weighted by atomic mass is 9.95. The molecule has 200 valence electrons. The number of hydrogen-bond donors (Lipinski definition) is 2. The molecule has 1 aliphatic carbocycles. The van der Waals surface area contributed by atoms with Crippen molar-refractivity contribution in [2.45, 2.75) is 69.1 Å². The average Bonchev–Trinajstić information content (AvgIpc) is 3.64. The topological polar surface area (TPSA) is 78.6 Å². The van der Waals surface area contributed by atoms with Crippen LogP contribution in [0.4, 0.5) is 5.69 Å². The summed E-state index contributed by atoms with van der Waals surface area (Å²) in [6.45, 7) is 0.802. The summed E-state index contributed by atoms with van der Waals surface area (Å²) in [5, 5.41) is 20.7.